The molecule has 1 aliphatic rings. The highest BCUT2D eigenvalue weighted by molar-refractivity contribution is 5.86. The van der Waals surface area contributed by atoms with Crippen LogP contribution in [0.2, 0.25) is 0 Å². The number of aldehydes is 1. The number of benzene rings is 1. The van der Waals surface area contributed by atoms with Crippen LogP contribution < -0.4 is 4.90 Å². The third kappa shape index (κ3) is 2.73. The van der Waals surface area contributed by atoms with Gasteiger partial charge in [0.05, 0.1) is 11.5 Å². The number of hydrogen-bond donors (Lipinski definition) is 1. The number of nitro groups is 1. The van der Waals surface area contributed by atoms with E-state index in [1.807, 2.05) is 4.90 Å². The molecule has 1 fully saturated rings. The number of carbonyl (C=O) groups excluding carboxylic acids is 1. The zero-order valence-electron chi connectivity index (χ0n) is 10.5. The first kappa shape index (κ1) is 13.5. The zero-order valence-corrected chi connectivity index (χ0v) is 10.5. The molecular formula is C13H16N2O4. The highest BCUT2D eigenvalue weighted by atomic mass is 16.6. The van der Waals surface area contributed by atoms with E-state index >= 15 is 0 Å². The summed E-state index contributed by atoms with van der Waals surface area (Å²) in [7, 11) is 0. The minimum absolute atomic E-state index is 0.00815. The molecule has 0 bridgehead atoms. The number of nitrogens with zero attached hydrogens (tertiary/aromatic N) is 2. The smallest absolute Gasteiger partial charge is 0.270 e. The van der Waals surface area contributed by atoms with Crippen LogP contribution in [0.5, 0.6) is 0 Å². The second-order valence-corrected chi connectivity index (χ2v) is 4.62. The molecule has 6 heteroatoms. The molecule has 0 spiro atoms. The fourth-order valence-corrected chi connectivity index (χ4v) is 2.32. The lowest BCUT2D eigenvalue weighted by molar-refractivity contribution is -0.384. The summed E-state index contributed by atoms with van der Waals surface area (Å²) >= 11 is 0. The van der Waals surface area contributed by atoms with E-state index in [1.165, 1.54) is 12.1 Å². The molecule has 1 aliphatic carbocycles. The average molecular weight is 264 g/mol. The summed E-state index contributed by atoms with van der Waals surface area (Å²) in [5, 5.41) is 19.8. The minimum atomic E-state index is -0.517. The molecule has 1 saturated carbocycles. The Kier molecular flexibility index (Phi) is 4.11. The zero-order chi connectivity index (χ0) is 13.8. The molecule has 102 valence electrons. The van der Waals surface area contributed by atoms with Gasteiger partial charge in [-0.3, -0.25) is 14.9 Å². The molecule has 0 aliphatic heterocycles. The maximum absolute atomic E-state index is 11.1. The van der Waals surface area contributed by atoms with Gasteiger partial charge in [0.25, 0.3) is 5.69 Å². The molecule has 0 amide bonds. The van der Waals surface area contributed by atoms with Gasteiger partial charge in [-0.2, -0.15) is 0 Å². The van der Waals surface area contributed by atoms with Crippen LogP contribution in [0.3, 0.4) is 0 Å². The molecule has 1 N–H and O–H groups in total. The van der Waals surface area contributed by atoms with Gasteiger partial charge < -0.3 is 10.0 Å². The van der Waals surface area contributed by atoms with Crippen LogP contribution in [0.15, 0.2) is 18.2 Å². The Hall–Kier alpha value is -1.95. The van der Waals surface area contributed by atoms with Crippen molar-refractivity contribution in [1.82, 2.24) is 0 Å². The second-order valence-electron chi connectivity index (χ2n) is 4.62. The van der Waals surface area contributed by atoms with Gasteiger partial charge in [-0.15, -0.1) is 0 Å². The van der Waals surface area contributed by atoms with Crippen LogP contribution in [-0.2, 0) is 0 Å². The Bertz CT molecular complexity index is 486. The molecule has 1 aromatic rings. The molecule has 0 aromatic heterocycles. The number of nitro benzene ring substituents is 1. The molecular weight excluding hydrogens is 248 g/mol. The van der Waals surface area contributed by atoms with Crippen molar-refractivity contribution >= 4 is 17.7 Å². The van der Waals surface area contributed by atoms with Crippen LogP contribution in [-0.4, -0.2) is 35.5 Å². The molecule has 0 heterocycles. The summed E-state index contributed by atoms with van der Waals surface area (Å²) < 4.78 is 0. The van der Waals surface area contributed by atoms with Gasteiger partial charge in [0, 0.05) is 36.0 Å². The molecule has 0 unspecified atom stereocenters. The van der Waals surface area contributed by atoms with E-state index in [0.29, 0.717) is 30.1 Å². The summed E-state index contributed by atoms with van der Waals surface area (Å²) in [4.78, 5) is 23.3. The maximum atomic E-state index is 11.1. The molecule has 0 saturated heterocycles. The summed E-state index contributed by atoms with van der Waals surface area (Å²) in [5.74, 6) is 0. The Morgan fingerprint density at radius 1 is 1.47 bits per heavy atom. The second kappa shape index (κ2) is 5.79. The Labute approximate surface area is 110 Å². The van der Waals surface area contributed by atoms with Gasteiger partial charge in [0.2, 0.25) is 0 Å². The van der Waals surface area contributed by atoms with Gasteiger partial charge in [-0.25, -0.2) is 0 Å². The van der Waals surface area contributed by atoms with Crippen molar-refractivity contribution in [2.24, 2.45) is 0 Å². The Morgan fingerprint density at radius 3 is 2.68 bits per heavy atom. The van der Waals surface area contributed by atoms with Gasteiger partial charge in [0.15, 0.2) is 6.29 Å². The van der Waals surface area contributed by atoms with Gasteiger partial charge >= 0.3 is 0 Å². The first-order valence-electron chi connectivity index (χ1n) is 6.28. The van der Waals surface area contributed by atoms with Crippen LogP contribution >= 0.6 is 0 Å². The predicted molar refractivity (Wildman–Crippen MR) is 70.6 cm³/mol. The quantitative estimate of drug-likeness (QED) is 0.481. The van der Waals surface area contributed by atoms with Crippen LogP contribution in [0.25, 0.3) is 0 Å². The fourth-order valence-electron chi connectivity index (χ4n) is 2.32. The molecule has 2 rings (SSSR count). The van der Waals surface area contributed by atoms with Crippen LogP contribution in [0.1, 0.15) is 29.6 Å². The van der Waals surface area contributed by atoms with E-state index in [-0.39, 0.29) is 12.3 Å². The Morgan fingerprint density at radius 2 is 2.21 bits per heavy atom. The average Bonchev–Trinajstić information content (AvgIpc) is 2.35. The molecule has 0 radical (unpaired) electrons. The fraction of sp³-hybridized carbons (Fsp3) is 0.462. The van der Waals surface area contributed by atoms with Crippen molar-refractivity contribution in [3.8, 4) is 0 Å². The molecule has 6 nitrogen and oxygen atoms in total. The van der Waals surface area contributed by atoms with E-state index in [2.05, 4.69) is 0 Å². The summed E-state index contributed by atoms with van der Waals surface area (Å²) in [6, 6.07) is 4.58. The third-order valence-corrected chi connectivity index (χ3v) is 3.51. The standard InChI is InChI=1S/C13H16N2O4/c16-7-6-14(11-2-1-3-11)13-5-4-12(15(18)19)8-10(13)9-17/h4-5,8-9,11,16H,1-3,6-7H2. The first-order valence-corrected chi connectivity index (χ1v) is 6.28. The molecule has 0 atom stereocenters. The van der Waals surface area contributed by atoms with Crippen molar-refractivity contribution in [2.45, 2.75) is 25.3 Å². The van der Waals surface area contributed by atoms with Crippen LogP contribution in [0, 0.1) is 10.1 Å². The monoisotopic (exact) mass is 264 g/mol. The lowest BCUT2D eigenvalue weighted by Crippen LogP contribution is -2.42. The summed E-state index contributed by atoms with van der Waals surface area (Å²) in [6.07, 6.45) is 3.81. The number of aliphatic hydroxyl groups is 1. The molecule has 1 aromatic carbocycles. The van der Waals surface area contributed by atoms with Crippen molar-refractivity contribution < 1.29 is 14.8 Å². The highest BCUT2D eigenvalue weighted by Crippen LogP contribution is 2.32. The number of aliphatic hydroxyl groups excluding tert-OH is 1. The normalized spacial score (nSPS) is 14.8. The minimum Gasteiger partial charge on any atom is -0.395 e. The van der Waals surface area contributed by atoms with Gasteiger partial charge in [0.1, 0.15) is 0 Å². The van der Waals surface area contributed by atoms with E-state index in [4.69, 9.17) is 5.11 Å². The summed E-state index contributed by atoms with van der Waals surface area (Å²) in [5.41, 5.74) is 0.873. The Balaban J connectivity index is 2.35. The lowest BCUT2D eigenvalue weighted by Gasteiger charge is -2.39. The van der Waals surface area contributed by atoms with E-state index in [9.17, 15) is 14.9 Å². The largest absolute Gasteiger partial charge is 0.395 e. The number of rotatable bonds is 6. The topological polar surface area (TPSA) is 83.7 Å². The van der Waals surface area contributed by atoms with E-state index in [0.717, 1.165) is 19.3 Å². The molecule has 19 heavy (non-hydrogen) atoms. The highest BCUT2D eigenvalue weighted by Gasteiger charge is 2.26. The summed E-state index contributed by atoms with van der Waals surface area (Å²) in [6.45, 7) is 0.426. The number of hydrogen-bond acceptors (Lipinski definition) is 5. The van der Waals surface area contributed by atoms with Crippen LogP contribution in [0.4, 0.5) is 11.4 Å². The number of anilines is 1. The maximum Gasteiger partial charge on any atom is 0.270 e. The van der Waals surface area contributed by atoms with Crippen molar-refractivity contribution in [3.63, 3.8) is 0 Å². The van der Waals surface area contributed by atoms with Crippen molar-refractivity contribution in [2.75, 3.05) is 18.1 Å². The first-order chi connectivity index (χ1) is 9.17. The SMILES string of the molecule is O=Cc1cc([N+](=O)[O-])ccc1N(CCO)C1CCC1. The predicted octanol–water partition coefficient (Wildman–Crippen LogP) is 1.76. The number of non-ortho nitro benzene ring substituents is 1. The van der Waals surface area contributed by atoms with Gasteiger partial charge in [-0.1, -0.05) is 0 Å². The third-order valence-electron chi connectivity index (χ3n) is 3.51. The number of carbonyl (C=O) groups is 1. The van der Waals surface area contributed by atoms with E-state index in [1.54, 1.807) is 6.07 Å². The van der Waals surface area contributed by atoms with Crippen molar-refractivity contribution in [3.05, 3.63) is 33.9 Å². The van der Waals surface area contributed by atoms with Gasteiger partial charge in [-0.05, 0) is 25.3 Å². The van der Waals surface area contributed by atoms with E-state index < -0.39 is 4.92 Å². The van der Waals surface area contributed by atoms with Crippen molar-refractivity contribution in [1.29, 1.82) is 0 Å². The lowest BCUT2D eigenvalue weighted by atomic mass is 9.90.